The molecule has 0 aliphatic rings. The number of nitrogens with zero attached hydrogens (tertiary/aromatic N) is 1. The fourth-order valence-electron chi connectivity index (χ4n) is 2.02. The topological polar surface area (TPSA) is 70.0 Å². The van der Waals surface area contributed by atoms with Crippen molar-refractivity contribution in [1.29, 1.82) is 5.26 Å². The Hall–Kier alpha value is -3.28. The average Bonchev–Trinajstić information content (AvgIpc) is 2.54. The predicted octanol–water partition coefficient (Wildman–Crippen LogP) is 3.92. The van der Waals surface area contributed by atoms with Crippen molar-refractivity contribution < 1.29 is 31.5 Å². The van der Waals surface area contributed by atoms with Crippen molar-refractivity contribution in [3.63, 3.8) is 0 Å². The van der Waals surface area contributed by atoms with Gasteiger partial charge in [-0.2, -0.15) is 18.4 Å². The Morgan fingerprint density at radius 3 is 2.40 bits per heavy atom. The molecule has 0 saturated carbocycles. The summed E-state index contributed by atoms with van der Waals surface area (Å²) >= 11 is 0. The van der Waals surface area contributed by atoms with Crippen molar-refractivity contribution in [3.05, 3.63) is 64.2 Å². The third kappa shape index (κ3) is 3.80. The molecule has 0 fully saturated rings. The summed E-state index contributed by atoms with van der Waals surface area (Å²) < 4.78 is 64.8. The van der Waals surface area contributed by atoms with E-state index in [1.165, 1.54) is 6.07 Å². The van der Waals surface area contributed by atoms with Crippen molar-refractivity contribution in [2.75, 3.05) is 5.32 Å². The summed E-state index contributed by atoms with van der Waals surface area (Å²) in [6, 6.07) is 4.41. The number of hydrogen-bond donors (Lipinski definition) is 1. The molecule has 4 nitrogen and oxygen atoms in total. The highest BCUT2D eigenvalue weighted by molar-refractivity contribution is 6.07. The van der Waals surface area contributed by atoms with Gasteiger partial charge in [-0.25, -0.2) is 8.78 Å². The lowest BCUT2D eigenvalue weighted by Crippen LogP contribution is -2.16. The van der Waals surface area contributed by atoms with E-state index >= 15 is 0 Å². The van der Waals surface area contributed by atoms with Gasteiger partial charge in [-0.15, -0.1) is 0 Å². The molecule has 0 unspecified atom stereocenters. The molecule has 2 aromatic rings. The molecule has 2 rings (SSSR count). The number of nitrogens with one attached hydrogen (secondary N) is 1. The van der Waals surface area contributed by atoms with Gasteiger partial charge in [0.25, 0.3) is 5.91 Å². The Morgan fingerprint density at radius 1 is 1.16 bits per heavy atom. The van der Waals surface area contributed by atoms with E-state index in [1.54, 1.807) is 0 Å². The summed E-state index contributed by atoms with van der Waals surface area (Å²) in [6.07, 6.45) is -4.75. The van der Waals surface area contributed by atoms with E-state index in [9.17, 15) is 31.5 Å². The SMILES string of the molecule is N#Cc1c(F)ccc(NC(=O)c2cc(F)cc(C(F)(F)F)c2)c1C=O. The molecule has 1 N–H and O–H groups in total. The molecule has 0 heterocycles. The Kier molecular flexibility index (Phi) is 4.83. The summed E-state index contributed by atoms with van der Waals surface area (Å²) in [4.78, 5) is 23.1. The number of alkyl halides is 3. The zero-order valence-electron chi connectivity index (χ0n) is 12.1. The highest BCUT2D eigenvalue weighted by Crippen LogP contribution is 2.30. The smallest absolute Gasteiger partial charge is 0.321 e. The van der Waals surface area contributed by atoms with Gasteiger partial charge in [0.15, 0.2) is 6.29 Å². The number of rotatable bonds is 3. The summed E-state index contributed by atoms with van der Waals surface area (Å²) in [5.74, 6) is -3.45. The molecule has 25 heavy (non-hydrogen) atoms. The fraction of sp³-hybridized carbons (Fsp3) is 0.0625. The Labute approximate surface area is 137 Å². The molecule has 0 aliphatic carbocycles. The van der Waals surface area contributed by atoms with Crippen LogP contribution >= 0.6 is 0 Å². The monoisotopic (exact) mass is 354 g/mol. The molecule has 2 aromatic carbocycles. The minimum absolute atomic E-state index is 0.115. The standard InChI is InChI=1S/C16H7F5N2O2/c17-10-4-8(3-9(5-10)16(19,20)21)15(25)23-14-2-1-13(18)11(6-22)12(14)7-24/h1-5,7H,(H,23,25). The number of carbonyl (C=O) groups excluding carboxylic acids is 2. The molecule has 0 aromatic heterocycles. The molecule has 0 spiro atoms. The van der Waals surface area contributed by atoms with Gasteiger partial charge in [0.2, 0.25) is 0 Å². The Bertz CT molecular complexity index is 901. The van der Waals surface area contributed by atoms with E-state index < -0.39 is 46.0 Å². The predicted molar refractivity (Wildman–Crippen MR) is 75.9 cm³/mol. The van der Waals surface area contributed by atoms with Crippen LogP contribution in [0.25, 0.3) is 0 Å². The summed E-state index contributed by atoms with van der Waals surface area (Å²) in [7, 11) is 0. The lowest BCUT2D eigenvalue weighted by Gasteiger charge is -2.11. The van der Waals surface area contributed by atoms with E-state index in [-0.39, 0.29) is 18.0 Å². The van der Waals surface area contributed by atoms with Crippen molar-refractivity contribution in [2.45, 2.75) is 6.18 Å². The van der Waals surface area contributed by atoms with Crippen LogP contribution in [0.1, 0.15) is 31.8 Å². The zero-order valence-corrected chi connectivity index (χ0v) is 12.1. The number of amides is 1. The van der Waals surface area contributed by atoms with E-state index in [1.807, 2.05) is 0 Å². The van der Waals surface area contributed by atoms with Crippen LogP contribution in [0.2, 0.25) is 0 Å². The number of aldehydes is 1. The first-order valence-electron chi connectivity index (χ1n) is 6.54. The number of halogens is 5. The largest absolute Gasteiger partial charge is 0.416 e. The number of nitriles is 1. The minimum Gasteiger partial charge on any atom is -0.321 e. The number of hydrogen-bond acceptors (Lipinski definition) is 3. The van der Waals surface area contributed by atoms with Crippen molar-refractivity contribution >= 4 is 17.9 Å². The second-order valence-corrected chi connectivity index (χ2v) is 4.79. The van der Waals surface area contributed by atoms with E-state index in [2.05, 4.69) is 5.32 Å². The van der Waals surface area contributed by atoms with Crippen LogP contribution in [-0.2, 0) is 6.18 Å². The van der Waals surface area contributed by atoms with Crippen LogP contribution in [0.3, 0.4) is 0 Å². The third-order valence-electron chi connectivity index (χ3n) is 3.16. The second kappa shape index (κ2) is 6.68. The number of benzene rings is 2. The number of carbonyl (C=O) groups is 2. The van der Waals surface area contributed by atoms with E-state index in [0.29, 0.717) is 12.1 Å². The molecule has 9 heteroatoms. The molecular weight excluding hydrogens is 347 g/mol. The third-order valence-corrected chi connectivity index (χ3v) is 3.16. The van der Waals surface area contributed by atoms with Crippen LogP contribution in [0, 0.1) is 23.0 Å². The molecule has 1 amide bonds. The lowest BCUT2D eigenvalue weighted by molar-refractivity contribution is -0.137. The van der Waals surface area contributed by atoms with Gasteiger partial charge in [-0.3, -0.25) is 9.59 Å². The van der Waals surface area contributed by atoms with Crippen molar-refractivity contribution in [3.8, 4) is 6.07 Å². The first-order chi connectivity index (χ1) is 11.7. The molecule has 0 atom stereocenters. The lowest BCUT2D eigenvalue weighted by atomic mass is 10.1. The first-order valence-corrected chi connectivity index (χ1v) is 6.54. The fourth-order valence-corrected chi connectivity index (χ4v) is 2.02. The van der Waals surface area contributed by atoms with Crippen LogP contribution in [0.15, 0.2) is 30.3 Å². The van der Waals surface area contributed by atoms with Gasteiger partial charge in [-0.1, -0.05) is 0 Å². The van der Waals surface area contributed by atoms with Gasteiger partial charge in [-0.05, 0) is 30.3 Å². The first kappa shape index (κ1) is 18.1. The molecule has 0 saturated heterocycles. The van der Waals surface area contributed by atoms with Crippen LogP contribution in [-0.4, -0.2) is 12.2 Å². The highest BCUT2D eigenvalue weighted by Gasteiger charge is 2.32. The molecule has 0 radical (unpaired) electrons. The van der Waals surface area contributed by atoms with Gasteiger partial charge < -0.3 is 5.32 Å². The van der Waals surface area contributed by atoms with Crippen LogP contribution in [0.4, 0.5) is 27.6 Å². The van der Waals surface area contributed by atoms with Gasteiger partial charge in [0.1, 0.15) is 23.3 Å². The van der Waals surface area contributed by atoms with Crippen LogP contribution in [0.5, 0.6) is 0 Å². The highest BCUT2D eigenvalue weighted by atomic mass is 19.4. The summed E-state index contributed by atoms with van der Waals surface area (Å²) in [5, 5.41) is 10.9. The normalized spacial score (nSPS) is 10.9. The molecular formula is C16H7F5N2O2. The van der Waals surface area contributed by atoms with Crippen molar-refractivity contribution in [1.82, 2.24) is 0 Å². The molecule has 0 bridgehead atoms. The Morgan fingerprint density at radius 2 is 1.84 bits per heavy atom. The maximum Gasteiger partial charge on any atom is 0.416 e. The number of anilines is 1. The van der Waals surface area contributed by atoms with E-state index in [0.717, 1.165) is 12.1 Å². The average molecular weight is 354 g/mol. The van der Waals surface area contributed by atoms with Crippen molar-refractivity contribution in [2.24, 2.45) is 0 Å². The quantitative estimate of drug-likeness (QED) is 0.671. The molecule has 0 aliphatic heterocycles. The molecule has 128 valence electrons. The van der Waals surface area contributed by atoms with E-state index in [4.69, 9.17) is 5.26 Å². The summed E-state index contributed by atoms with van der Waals surface area (Å²) in [6.45, 7) is 0. The summed E-state index contributed by atoms with van der Waals surface area (Å²) in [5.41, 5.74) is -3.45. The zero-order chi connectivity index (χ0) is 18.8. The Balaban J connectivity index is 2.44. The maximum absolute atomic E-state index is 13.4. The van der Waals surface area contributed by atoms with Gasteiger partial charge >= 0.3 is 6.18 Å². The second-order valence-electron chi connectivity index (χ2n) is 4.79. The van der Waals surface area contributed by atoms with Crippen LogP contribution < -0.4 is 5.32 Å². The minimum atomic E-state index is -4.87. The maximum atomic E-state index is 13.4. The van der Waals surface area contributed by atoms with Gasteiger partial charge in [0, 0.05) is 5.56 Å². The van der Waals surface area contributed by atoms with Gasteiger partial charge in [0.05, 0.1) is 16.8 Å².